The van der Waals surface area contributed by atoms with Crippen LogP contribution in [0.4, 0.5) is 0 Å². The third-order valence-corrected chi connectivity index (χ3v) is 6.63. The number of hydrogen-bond acceptors (Lipinski definition) is 3. The van der Waals surface area contributed by atoms with E-state index < -0.39 is 0 Å². The second-order valence-corrected chi connectivity index (χ2v) is 8.69. The van der Waals surface area contributed by atoms with Gasteiger partial charge in [0, 0.05) is 36.1 Å². The second kappa shape index (κ2) is 8.50. The van der Waals surface area contributed by atoms with Crippen LogP contribution in [0, 0.1) is 0 Å². The number of aliphatic imine (C=N–C) groups is 1. The standard InChI is InChI=1S/C21H30BrN3O2/c1-2-23-20(25-11-13-27-19(14-25)18-8-5-12-26-18)24-15-21(9-10-21)16-6-3-4-7-17(16)22/h3-4,6-7,18-19H,2,5,8-15H2,1H3,(H,23,24). The number of rotatable bonds is 5. The van der Waals surface area contributed by atoms with Crippen molar-refractivity contribution in [2.24, 2.45) is 4.99 Å². The summed E-state index contributed by atoms with van der Waals surface area (Å²) < 4.78 is 13.1. The third-order valence-electron chi connectivity index (χ3n) is 5.94. The molecule has 1 N–H and O–H groups in total. The minimum Gasteiger partial charge on any atom is -0.375 e. The van der Waals surface area contributed by atoms with E-state index in [0.29, 0.717) is 0 Å². The maximum atomic E-state index is 6.01. The molecule has 0 amide bonds. The first-order valence-electron chi connectivity index (χ1n) is 10.2. The molecular weight excluding hydrogens is 406 g/mol. The fourth-order valence-corrected chi connectivity index (χ4v) is 4.90. The fraction of sp³-hybridized carbons (Fsp3) is 0.667. The van der Waals surface area contributed by atoms with Gasteiger partial charge in [-0.2, -0.15) is 0 Å². The molecule has 2 atom stereocenters. The highest BCUT2D eigenvalue weighted by Crippen LogP contribution is 2.50. The number of halogens is 1. The highest BCUT2D eigenvalue weighted by Gasteiger charge is 2.45. The highest BCUT2D eigenvalue weighted by molar-refractivity contribution is 9.10. The van der Waals surface area contributed by atoms with Crippen molar-refractivity contribution in [3.05, 3.63) is 34.3 Å². The van der Waals surface area contributed by atoms with Crippen molar-refractivity contribution in [1.29, 1.82) is 0 Å². The lowest BCUT2D eigenvalue weighted by molar-refractivity contribution is -0.0817. The number of ether oxygens (including phenoxy) is 2. The summed E-state index contributed by atoms with van der Waals surface area (Å²) in [5.74, 6) is 1.02. The van der Waals surface area contributed by atoms with Crippen molar-refractivity contribution in [2.45, 2.75) is 50.2 Å². The van der Waals surface area contributed by atoms with Crippen molar-refractivity contribution in [2.75, 3.05) is 39.4 Å². The van der Waals surface area contributed by atoms with Crippen LogP contribution in [0.1, 0.15) is 38.2 Å². The lowest BCUT2D eigenvalue weighted by atomic mass is 9.96. The first-order chi connectivity index (χ1) is 13.2. The van der Waals surface area contributed by atoms with Crippen LogP contribution in [0.5, 0.6) is 0 Å². The molecule has 0 bridgehead atoms. The number of hydrogen-bond donors (Lipinski definition) is 1. The third kappa shape index (κ3) is 4.33. The Morgan fingerprint density at radius 1 is 1.26 bits per heavy atom. The Balaban J connectivity index is 1.46. The first-order valence-corrected chi connectivity index (χ1v) is 11.0. The summed E-state index contributed by atoms with van der Waals surface area (Å²) in [6.45, 7) is 7.20. The van der Waals surface area contributed by atoms with Crippen molar-refractivity contribution < 1.29 is 9.47 Å². The Kier molecular flexibility index (Phi) is 6.05. The average Bonchev–Trinajstić information content (AvgIpc) is 3.27. The molecule has 148 valence electrons. The van der Waals surface area contributed by atoms with Gasteiger partial charge in [0.25, 0.3) is 0 Å². The van der Waals surface area contributed by atoms with Gasteiger partial charge in [0.15, 0.2) is 5.96 Å². The van der Waals surface area contributed by atoms with E-state index in [4.69, 9.17) is 14.5 Å². The topological polar surface area (TPSA) is 46.1 Å². The van der Waals surface area contributed by atoms with Crippen LogP contribution in [-0.2, 0) is 14.9 Å². The van der Waals surface area contributed by atoms with Gasteiger partial charge in [-0.25, -0.2) is 0 Å². The van der Waals surface area contributed by atoms with Crippen molar-refractivity contribution >= 4 is 21.9 Å². The van der Waals surface area contributed by atoms with E-state index in [0.717, 1.165) is 58.2 Å². The molecule has 3 fully saturated rings. The molecule has 1 aromatic carbocycles. The summed E-state index contributed by atoms with van der Waals surface area (Å²) in [7, 11) is 0. The van der Waals surface area contributed by atoms with Gasteiger partial charge in [-0.3, -0.25) is 4.99 Å². The predicted octanol–water partition coefficient (Wildman–Crippen LogP) is 3.33. The number of morpholine rings is 1. The highest BCUT2D eigenvalue weighted by atomic mass is 79.9. The second-order valence-electron chi connectivity index (χ2n) is 7.84. The Bertz CT molecular complexity index is 671. The smallest absolute Gasteiger partial charge is 0.194 e. The molecule has 6 heteroatoms. The van der Waals surface area contributed by atoms with Gasteiger partial charge in [-0.05, 0) is 44.2 Å². The largest absolute Gasteiger partial charge is 0.375 e. The van der Waals surface area contributed by atoms with E-state index in [1.165, 1.54) is 22.9 Å². The van der Waals surface area contributed by atoms with Gasteiger partial charge in [0.2, 0.25) is 0 Å². The number of nitrogens with zero attached hydrogens (tertiary/aromatic N) is 2. The van der Waals surface area contributed by atoms with Gasteiger partial charge in [-0.15, -0.1) is 0 Å². The van der Waals surface area contributed by atoms with Crippen molar-refractivity contribution in [3.8, 4) is 0 Å². The molecule has 1 saturated carbocycles. The van der Waals surface area contributed by atoms with Crippen molar-refractivity contribution in [1.82, 2.24) is 10.2 Å². The van der Waals surface area contributed by atoms with E-state index in [1.54, 1.807) is 0 Å². The summed E-state index contributed by atoms with van der Waals surface area (Å²) in [6, 6.07) is 8.58. The first kappa shape index (κ1) is 19.2. The minimum absolute atomic E-state index is 0.156. The van der Waals surface area contributed by atoms with E-state index in [1.807, 2.05) is 0 Å². The quantitative estimate of drug-likeness (QED) is 0.568. The van der Waals surface area contributed by atoms with E-state index in [9.17, 15) is 0 Å². The van der Waals surface area contributed by atoms with Crippen molar-refractivity contribution in [3.63, 3.8) is 0 Å². The Morgan fingerprint density at radius 2 is 2.07 bits per heavy atom. The predicted molar refractivity (Wildman–Crippen MR) is 111 cm³/mol. The molecule has 0 radical (unpaired) electrons. The summed E-state index contributed by atoms with van der Waals surface area (Å²) in [4.78, 5) is 7.42. The summed E-state index contributed by atoms with van der Waals surface area (Å²) >= 11 is 3.73. The normalized spacial score (nSPS) is 27.6. The summed E-state index contributed by atoms with van der Waals surface area (Å²) in [5, 5.41) is 3.50. The summed E-state index contributed by atoms with van der Waals surface area (Å²) in [5.41, 5.74) is 1.59. The Hall–Kier alpha value is -1.11. The molecule has 0 aromatic heterocycles. The average molecular weight is 436 g/mol. The van der Waals surface area contributed by atoms with E-state index in [2.05, 4.69) is 57.3 Å². The molecule has 1 aliphatic carbocycles. The van der Waals surface area contributed by atoms with E-state index in [-0.39, 0.29) is 17.6 Å². The van der Waals surface area contributed by atoms with Crippen LogP contribution < -0.4 is 5.32 Å². The zero-order valence-electron chi connectivity index (χ0n) is 16.1. The van der Waals surface area contributed by atoms with Crippen LogP contribution >= 0.6 is 15.9 Å². The maximum Gasteiger partial charge on any atom is 0.194 e. The molecule has 2 aliphatic heterocycles. The molecular formula is C21H30BrN3O2. The van der Waals surface area contributed by atoms with Gasteiger partial charge in [0.05, 0.1) is 19.3 Å². The molecule has 27 heavy (non-hydrogen) atoms. The van der Waals surface area contributed by atoms with Crippen LogP contribution in [0.15, 0.2) is 33.7 Å². The lowest BCUT2D eigenvalue weighted by Crippen LogP contribution is -2.53. The number of benzene rings is 1. The fourth-order valence-electron chi connectivity index (χ4n) is 4.20. The van der Waals surface area contributed by atoms with Gasteiger partial charge < -0.3 is 19.7 Å². The van der Waals surface area contributed by atoms with Gasteiger partial charge in [-0.1, -0.05) is 34.1 Å². The molecule has 2 heterocycles. The lowest BCUT2D eigenvalue weighted by Gasteiger charge is -2.37. The molecule has 0 spiro atoms. The van der Waals surface area contributed by atoms with Gasteiger partial charge >= 0.3 is 0 Å². The summed E-state index contributed by atoms with van der Waals surface area (Å²) in [6.07, 6.45) is 5.07. The molecule has 3 aliphatic rings. The Morgan fingerprint density at radius 3 is 2.78 bits per heavy atom. The zero-order chi connectivity index (χ0) is 18.7. The van der Waals surface area contributed by atoms with Crippen LogP contribution in [0.3, 0.4) is 0 Å². The number of guanidine groups is 1. The maximum absolute atomic E-state index is 6.01. The SMILES string of the molecule is CCNC(=NCC1(c2ccccc2Br)CC1)N1CCOC(C2CCCO2)C1. The monoisotopic (exact) mass is 435 g/mol. The Labute approximate surface area is 170 Å². The zero-order valence-corrected chi connectivity index (χ0v) is 17.7. The van der Waals surface area contributed by atoms with Crippen LogP contribution in [0.2, 0.25) is 0 Å². The van der Waals surface area contributed by atoms with Gasteiger partial charge in [0.1, 0.15) is 6.10 Å². The molecule has 5 nitrogen and oxygen atoms in total. The van der Waals surface area contributed by atoms with E-state index >= 15 is 0 Å². The molecule has 2 unspecified atom stereocenters. The van der Waals surface area contributed by atoms with Crippen LogP contribution in [-0.4, -0.2) is 62.5 Å². The van der Waals surface area contributed by atoms with Crippen LogP contribution in [0.25, 0.3) is 0 Å². The number of nitrogens with one attached hydrogen (secondary N) is 1. The minimum atomic E-state index is 0.156. The molecule has 4 rings (SSSR count). The molecule has 1 aromatic rings. The molecule has 2 saturated heterocycles.